The fourth-order valence-corrected chi connectivity index (χ4v) is 2.41. The molecule has 1 N–H and O–H groups in total. The van der Waals surface area contributed by atoms with E-state index in [2.05, 4.69) is 15.0 Å². The summed E-state index contributed by atoms with van der Waals surface area (Å²) in [7, 11) is 1.58. The van der Waals surface area contributed by atoms with Crippen molar-refractivity contribution in [2.75, 3.05) is 7.11 Å². The van der Waals surface area contributed by atoms with Crippen LogP contribution in [0.4, 0.5) is 0 Å². The summed E-state index contributed by atoms with van der Waals surface area (Å²) in [5.74, 6) is 1.29. The molecule has 0 aromatic carbocycles. The molecule has 0 unspecified atom stereocenters. The Bertz CT molecular complexity index is 647. The number of hydrogen-bond donors (Lipinski definition) is 1. The zero-order valence-corrected chi connectivity index (χ0v) is 10.8. The number of nitrogens with zero attached hydrogens (tertiary/aromatic N) is 2. The molecule has 0 spiro atoms. The summed E-state index contributed by atoms with van der Waals surface area (Å²) in [6.45, 7) is 0. The third kappa shape index (κ3) is 2.36. The van der Waals surface area contributed by atoms with Crippen LogP contribution in [0.5, 0.6) is 5.88 Å². The molecule has 0 radical (unpaired) electrons. The molecule has 2 aromatic heterocycles. The molecule has 0 bridgehead atoms. The SMILES string of the molecule is COc1ccc(Cc2nc3c(c(=O)[nH]2)CCC3)cn1. The summed E-state index contributed by atoms with van der Waals surface area (Å²) in [5, 5.41) is 0. The van der Waals surface area contributed by atoms with E-state index < -0.39 is 0 Å². The predicted octanol–water partition coefficient (Wildman–Crippen LogP) is 1.25. The molecule has 1 aliphatic rings. The van der Waals surface area contributed by atoms with Crippen molar-refractivity contribution in [2.45, 2.75) is 25.7 Å². The van der Waals surface area contributed by atoms with Gasteiger partial charge in [0.2, 0.25) is 5.88 Å². The first-order chi connectivity index (χ1) is 9.26. The van der Waals surface area contributed by atoms with Gasteiger partial charge in [-0.1, -0.05) is 6.07 Å². The minimum absolute atomic E-state index is 0.0129. The molecular formula is C14H15N3O2. The Kier molecular flexibility index (Phi) is 3.03. The van der Waals surface area contributed by atoms with Crippen LogP contribution in [-0.4, -0.2) is 22.1 Å². The minimum Gasteiger partial charge on any atom is -0.481 e. The van der Waals surface area contributed by atoms with Crippen molar-refractivity contribution in [3.8, 4) is 5.88 Å². The van der Waals surface area contributed by atoms with E-state index >= 15 is 0 Å². The molecule has 0 aliphatic heterocycles. The number of nitrogens with one attached hydrogen (secondary N) is 1. The number of aromatic amines is 1. The van der Waals surface area contributed by atoms with Crippen molar-refractivity contribution in [1.82, 2.24) is 15.0 Å². The van der Waals surface area contributed by atoms with E-state index in [1.807, 2.05) is 6.07 Å². The topological polar surface area (TPSA) is 67.9 Å². The molecule has 2 aromatic rings. The Labute approximate surface area is 110 Å². The van der Waals surface area contributed by atoms with Crippen LogP contribution in [0.1, 0.15) is 29.1 Å². The second-order valence-electron chi connectivity index (χ2n) is 4.68. The van der Waals surface area contributed by atoms with Gasteiger partial charge in [-0.2, -0.15) is 0 Å². The lowest BCUT2D eigenvalue weighted by atomic mass is 10.2. The fourth-order valence-electron chi connectivity index (χ4n) is 2.41. The van der Waals surface area contributed by atoms with Gasteiger partial charge in [-0.3, -0.25) is 4.79 Å². The van der Waals surface area contributed by atoms with Crippen LogP contribution < -0.4 is 10.3 Å². The molecule has 0 amide bonds. The summed E-state index contributed by atoms with van der Waals surface area (Å²) in [4.78, 5) is 23.4. The Balaban J connectivity index is 1.87. The predicted molar refractivity (Wildman–Crippen MR) is 70.5 cm³/mol. The van der Waals surface area contributed by atoms with Gasteiger partial charge < -0.3 is 9.72 Å². The van der Waals surface area contributed by atoms with E-state index in [4.69, 9.17) is 4.74 Å². The Morgan fingerprint density at radius 1 is 1.37 bits per heavy atom. The molecule has 98 valence electrons. The second-order valence-corrected chi connectivity index (χ2v) is 4.68. The third-order valence-electron chi connectivity index (χ3n) is 3.37. The van der Waals surface area contributed by atoms with Gasteiger partial charge in [0.05, 0.1) is 12.8 Å². The quantitative estimate of drug-likeness (QED) is 0.898. The maximum Gasteiger partial charge on any atom is 0.254 e. The maximum absolute atomic E-state index is 11.9. The molecule has 0 saturated carbocycles. The van der Waals surface area contributed by atoms with Crippen LogP contribution in [0.15, 0.2) is 23.1 Å². The largest absolute Gasteiger partial charge is 0.481 e. The van der Waals surface area contributed by atoms with Gasteiger partial charge >= 0.3 is 0 Å². The first-order valence-corrected chi connectivity index (χ1v) is 6.36. The minimum atomic E-state index is 0.0129. The van der Waals surface area contributed by atoms with Gasteiger partial charge in [-0.05, 0) is 24.8 Å². The average molecular weight is 257 g/mol. The van der Waals surface area contributed by atoms with Crippen LogP contribution in [0, 0.1) is 0 Å². The monoisotopic (exact) mass is 257 g/mol. The van der Waals surface area contributed by atoms with Crippen LogP contribution in [-0.2, 0) is 19.3 Å². The van der Waals surface area contributed by atoms with E-state index in [1.165, 1.54) is 0 Å². The molecule has 19 heavy (non-hydrogen) atoms. The highest BCUT2D eigenvalue weighted by atomic mass is 16.5. The lowest BCUT2D eigenvalue weighted by Gasteiger charge is -2.04. The molecule has 0 fully saturated rings. The summed E-state index contributed by atoms with van der Waals surface area (Å²) in [6.07, 6.45) is 5.11. The van der Waals surface area contributed by atoms with Gasteiger partial charge in [-0.25, -0.2) is 9.97 Å². The standard InChI is InChI=1S/C14H15N3O2/c1-19-13-6-5-9(8-15-13)7-12-16-11-4-2-3-10(11)14(18)17-12/h5-6,8H,2-4,7H2,1H3,(H,16,17,18). The Hall–Kier alpha value is -2.17. The van der Waals surface area contributed by atoms with Gasteiger partial charge in [0.25, 0.3) is 5.56 Å². The third-order valence-corrected chi connectivity index (χ3v) is 3.37. The van der Waals surface area contributed by atoms with Crippen molar-refractivity contribution >= 4 is 0 Å². The fraction of sp³-hybridized carbons (Fsp3) is 0.357. The number of methoxy groups -OCH3 is 1. The van der Waals surface area contributed by atoms with Gasteiger partial charge in [0.1, 0.15) is 5.82 Å². The van der Waals surface area contributed by atoms with Crippen molar-refractivity contribution in [1.29, 1.82) is 0 Å². The Morgan fingerprint density at radius 3 is 3.00 bits per heavy atom. The van der Waals surface area contributed by atoms with E-state index in [0.717, 1.165) is 36.1 Å². The van der Waals surface area contributed by atoms with Crippen LogP contribution in [0.3, 0.4) is 0 Å². The van der Waals surface area contributed by atoms with E-state index in [-0.39, 0.29) is 5.56 Å². The number of aryl methyl sites for hydroxylation is 1. The van der Waals surface area contributed by atoms with Crippen molar-refractivity contribution in [3.05, 3.63) is 51.3 Å². The Morgan fingerprint density at radius 2 is 2.26 bits per heavy atom. The molecule has 5 nitrogen and oxygen atoms in total. The molecule has 1 aliphatic carbocycles. The number of rotatable bonds is 3. The molecule has 3 rings (SSSR count). The number of H-pyrrole nitrogens is 1. The van der Waals surface area contributed by atoms with Crippen LogP contribution >= 0.6 is 0 Å². The van der Waals surface area contributed by atoms with Crippen molar-refractivity contribution < 1.29 is 4.74 Å². The molecule has 5 heteroatoms. The number of hydrogen-bond acceptors (Lipinski definition) is 4. The van der Waals surface area contributed by atoms with E-state index in [0.29, 0.717) is 18.1 Å². The van der Waals surface area contributed by atoms with Gasteiger partial charge in [0.15, 0.2) is 0 Å². The highest BCUT2D eigenvalue weighted by molar-refractivity contribution is 5.25. The maximum atomic E-state index is 11.9. The summed E-state index contributed by atoms with van der Waals surface area (Å²) in [6, 6.07) is 3.74. The summed E-state index contributed by atoms with van der Waals surface area (Å²) >= 11 is 0. The smallest absolute Gasteiger partial charge is 0.254 e. The lowest BCUT2D eigenvalue weighted by Crippen LogP contribution is -2.17. The molecule has 0 saturated heterocycles. The zero-order chi connectivity index (χ0) is 13.2. The normalized spacial score (nSPS) is 13.3. The molecule has 0 atom stereocenters. The summed E-state index contributed by atoms with van der Waals surface area (Å²) in [5.41, 5.74) is 2.83. The number of aromatic nitrogens is 3. The van der Waals surface area contributed by atoms with Crippen LogP contribution in [0.25, 0.3) is 0 Å². The first kappa shape index (κ1) is 11.9. The number of fused-ring (bicyclic) bond motifs is 1. The van der Waals surface area contributed by atoms with E-state index in [1.54, 1.807) is 19.4 Å². The first-order valence-electron chi connectivity index (χ1n) is 6.36. The highest BCUT2D eigenvalue weighted by Gasteiger charge is 2.17. The average Bonchev–Trinajstić information content (AvgIpc) is 2.88. The number of ether oxygens (including phenoxy) is 1. The summed E-state index contributed by atoms with van der Waals surface area (Å²) < 4.78 is 5.01. The molecular weight excluding hydrogens is 242 g/mol. The zero-order valence-electron chi connectivity index (χ0n) is 10.8. The highest BCUT2D eigenvalue weighted by Crippen LogP contribution is 2.16. The van der Waals surface area contributed by atoms with Gasteiger partial charge in [-0.15, -0.1) is 0 Å². The van der Waals surface area contributed by atoms with E-state index in [9.17, 15) is 4.79 Å². The van der Waals surface area contributed by atoms with Crippen molar-refractivity contribution in [2.24, 2.45) is 0 Å². The van der Waals surface area contributed by atoms with Crippen molar-refractivity contribution in [3.63, 3.8) is 0 Å². The molecule has 2 heterocycles. The van der Waals surface area contributed by atoms with Crippen LogP contribution in [0.2, 0.25) is 0 Å². The second kappa shape index (κ2) is 4.84. The lowest BCUT2D eigenvalue weighted by molar-refractivity contribution is 0.397. The number of pyridine rings is 1. The van der Waals surface area contributed by atoms with Gasteiger partial charge in [0, 0.05) is 24.2 Å².